The highest BCUT2D eigenvalue weighted by atomic mass is 32.1. The molecule has 0 saturated carbocycles. The Kier molecular flexibility index (Phi) is 6.89. The van der Waals surface area contributed by atoms with Gasteiger partial charge in [0.1, 0.15) is 0 Å². The molecule has 0 amide bonds. The molecular weight excluding hydrogens is 234 g/mol. The summed E-state index contributed by atoms with van der Waals surface area (Å²) in [4.78, 5) is 10.3. The molecule has 96 valence electrons. The minimum absolute atomic E-state index is 0.296. The highest BCUT2D eigenvalue weighted by Gasteiger charge is 2.03. The van der Waals surface area contributed by atoms with Crippen molar-refractivity contribution in [3.63, 3.8) is 0 Å². The molecule has 3 nitrogen and oxygen atoms in total. The summed E-state index contributed by atoms with van der Waals surface area (Å²) in [5.74, 6) is -0.691. The second-order valence-corrected chi connectivity index (χ2v) is 5.18. The van der Waals surface area contributed by atoms with Crippen LogP contribution in [0.4, 0.5) is 0 Å². The van der Waals surface area contributed by atoms with Crippen molar-refractivity contribution in [2.24, 2.45) is 0 Å². The number of rotatable bonds is 9. The van der Waals surface area contributed by atoms with Crippen molar-refractivity contribution in [3.05, 3.63) is 22.4 Å². The molecule has 2 N–H and O–H groups in total. The molecular formula is C13H21NO2S. The molecule has 17 heavy (non-hydrogen) atoms. The van der Waals surface area contributed by atoms with Crippen LogP contribution in [0.15, 0.2) is 16.8 Å². The Morgan fingerprint density at radius 3 is 2.94 bits per heavy atom. The smallest absolute Gasteiger partial charge is 0.303 e. The van der Waals surface area contributed by atoms with E-state index in [2.05, 4.69) is 29.1 Å². The van der Waals surface area contributed by atoms with E-state index in [9.17, 15) is 4.79 Å². The monoisotopic (exact) mass is 255 g/mol. The van der Waals surface area contributed by atoms with Crippen LogP contribution in [0.25, 0.3) is 0 Å². The molecule has 0 radical (unpaired) electrons. The van der Waals surface area contributed by atoms with Gasteiger partial charge in [0.25, 0.3) is 0 Å². The molecule has 1 aromatic heterocycles. The zero-order valence-electron chi connectivity index (χ0n) is 10.3. The van der Waals surface area contributed by atoms with Gasteiger partial charge in [0.15, 0.2) is 0 Å². The number of nitrogens with one attached hydrogen (secondary N) is 1. The number of aliphatic carboxylic acids is 1. The van der Waals surface area contributed by atoms with Crippen molar-refractivity contribution < 1.29 is 9.90 Å². The maximum atomic E-state index is 10.3. The number of carboxylic acids is 1. The molecule has 1 aromatic rings. The first-order valence-corrected chi connectivity index (χ1v) is 7.09. The van der Waals surface area contributed by atoms with E-state index in [1.54, 1.807) is 11.3 Å². The lowest BCUT2D eigenvalue weighted by atomic mass is 10.1. The fourth-order valence-corrected chi connectivity index (χ4v) is 2.44. The zero-order valence-corrected chi connectivity index (χ0v) is 11.1. The minimum atomic E-state index is -0.691. The van der Waals surface area contributed by atoms with Crippen molar-refractivity contribution in [1.29, 1.82) is 0 Å². The van der Waals surface area contributed by atoms with Gasteiger partial charge in [-0.2, -0.15) is 11.3 Å². The molecule has 0 saturated heterocycles. The Labute approximate surface area is 107 Å². The van der Waals surface area contributed by atoms with Crippen molar-refractivity contribution in [1.82, 2.24) is 5.32 Å². The number of carboxylic acid groups (broad SMARTS) is 1. The van der Waals surface area contributed by atoms with Gasteiger partial charge in [0.05, 0.1) is 0 Å². The molecule has 1 atom stereocenters. The molecule has 0 spiro atoms. The topological polar surface area (TPSA) is 49.3 Å². The van der Waals surface area contributed by atoms with Gasteiger partial charge in [0.2, 0.25) is 0 Å². The SMILES string of the molecule is CC(Cc1ccsc1)NCCCCCC(=O)O. The largest absolute Gasteiger partial charge is 0.481 e. The average Bonchev–Trinajstić information content (AvgIpc) is 2.75. The van der Waals surface area contributed by atoms with E-state index in [0.717, 1.165) is 32.2 Å². The number of thiophene rings is 1. The van der Waals surface area contributed by atoms with E-state index in [4.69, 9.17) is 5.11 Å². The van der Waals surface area contributed by atoms with Gasteiger partial charge in [-0.25, -0.2) is 0 Å². The molecule has 4 heteroatoms. The maximum absolute atomic E-state index is 10.3. The Bertz CT molecular complexity index is 311. The molecule has 1 unspecified atom stereocenters. The number of unbranched alkanes of at least 4 members (excludes halogenated alkanes) is 2. The van der Waals surface area contributed by atoms with E-state index in [1.165, 1.54) is 5.56 Å². The third kappa shape index (κ3) is 7.13. The van der Waals surface area contributed by atoms with Gasteiger partial charge >= 0.3 is 5.97 Å². The van der Waals surface area contributed by atoms with Gasteiger partial charge in [-0.1, -0.05) is 6.42 Å². The lowest BCUT2D eigenvalue weighted by Crippen LogP contribution is -2.28. The number of hydrogen-bond acceptors (Lipinski definition) is 3. The third-order valence-corrected chi connectivity index (χ3v) is 3.41. The molecule has 0 aliphatic carbocycles. The van der Waals surface area contributed by atoms with E-state index in [0.29, 0.717) is 12.5 Å². The molecule has 0 fully saturated rings. The minimum Gasteiger partial charge on any atom is -0.481 e. The summed E-state index contributed by atoms with van der Waals surface area (Å²) in [7, 11) is 0. The second kappa shape index (κ2) is 8.25. The summed E-state index contributed by atoms with van der Waals surface area (Å²) in [6.45, 7) is 3.17. The van der Waals surface area contributed by atoms with Crippen molar-refractivity contribution >= 4 is 17.3 Å². The summed E-state index contributed by atoms with van der Waals surface area (Å²) in [6, 6.07) is 2.65. The van der Waals surface area contributed by atoms with E-state index >= 15 is 0 Å². The maximum Gasteiger partial charge on any atom is 0.303 e. The van der Waals surface area contributed by atoms with Gasteiger partial charge in [-0.15, -0.1) is 0 Å². The Balaban J connectivity index is 1.97. The van der Waals surface area contributed by atoms with Crippen molar-refractivity contribution in [2.75, 3.05) is 6.54 Å². The summed E-state index contributed by atoms with van der Waals surface area (Å²) < 4.78 is 0. The quantitative estimate of drug-likeness (QED) is 0.667. The first-order valence-electron chi connectivity index (χ1n) is 6.14. The highest BCUT2D eigenvalue weighted by Crippen LogP contribution is 2.08. The fraction of sp³-hybridized carbons (Fsp3) is 0.615. The standard InChI is InChI=1S/C13H21NO2S/c1-11(9-12-6-8-17-10-12)14-7-4-2-3-5-13(15)16/h6,8,10-11,14H,2-5,7,9H2,1H3,(H,15,16). The molecule has 1 heterocycles. The van der Waals surface area contributed by atoms with Crippen LogP contribution in [-0.2, 0) is 11.2 Å². The van der Waals surface area contributed by atoms with Gasteiger partial charge in [0, 0.05) is 12.5 Å². The van der Waals surface area contributed by atoms with Crippen LogP contribution >= 0.6 is 11.3 Å². The van der Waals surface area contributed by atoms with Crippen molar-refractivity contribution in [3.8, 4) is 0 Å². The molecule has 0 aliphatic heterocycles. The number of carbonyl (C=O) groups is 1. The van der Waals surface area contributed by atoms with Gasteiger partial charge in [-0.05, 0) is 55.1 Å². The second-order valence-electron chi connectivity index (χ2n) is 4.40. The fourth-order valence-electron chi connectivity index (χ4n) is 1.76. The molecule has 1 rings (SSSR count). The van der Waals surface area contributed by atoms with E-state index < -0.39 is 5.97 Å². The van der Waals surface area contributed by atoms with Crippen LogP contribution < -0.4 is 5.32 Å². The van der Waals surface area contributed by atoms with E-state index in [-0.39, 0.29) is 0 Å². The molecule has 0 bridgehead atoms. The first-order chi connectivity index (χ1) is 8.18. The lowest BCUT2D eigenvalue weighted by molar-refractivity contribution is -0.137. The summed E-state index contributed by atoms with van der Waals surface area (Å²) in [6.07, 6.45) is 4.20. The predicted octanol–water partition coefficient (Wildman–Crippen LogP) is 2.91. The molecule has 0 aromatic carbocycles. The van der Waals surface area contributed by atoms with Gasteiger partial charge < -0.3 is 10.4 Å². The summed E-state index contributed by atoms with van der Waals surface area (Å²) >= 11 is 1.74. The van der Waals surface area contributed by atoms with Crippen molar-refractivity contribution in [2.45, 2.75) is 45.1 Å². The van der Waals surface area contributed by atoms with Crippen LogP contribution in [0.1, 0.15) is 38.2 Å². The summed E-state index contributed by atoms with van der Waals surface area (Å²) in [5.41, 5.74) is 1.39. The van der Waals surface area contributed by atoms with Crippen LogP contribution in [0.2, 0.25) is 0 Å². The number of hydrogen-bond donors (Lipinski definition) is 2. The van der Waals surface area contributed by atoms with Gasteiger partial charge in [-0.3, -0.25) is 4.79 Å². The van der Waals surface area contributed by atoms with E-state index in [1.807, 2.05) is 0 Å². The zero-order chi connectivity index (χ0) is 12.5. The van der Waals surface area contributed by atoms with Crippen LogP contribution in [-0.4, -0.2) is 23.7 Å². The Hall–Kier alpha value is -0.870. The Morgan fingerprint density at radius 1 is 1.47 bits per heavy atom. The van der Waals surface area contributed by atoms with Crippen LogP contribution in [0.3, 0.4) is 0 Å². The summed E-state index contributed by atoms with van der Waals surface area (Å²) in [5, 5.41) is 16.2. The lowest BCUT2D eigenvalue weighted by Gasteiger charge is -2.12. The van der Waals surface area contributed by atoms with Crippen LogP contribution in [0, 0.1) is 0 Å². The molecule has 0 aliphatic rings. The van der Waals surface area contributed by atoms with Crippen LogP contribution in [0.5, 0.6) is 0 Å². The average molecular weight is 255 g/mol. The highest BCUT2D eigenvalue weighted by molar-refractivity contribution is 7.07. The first kappa shape index (κ1) is 14.2. The third-order valence-electron chi connectivity index (χ3n) is 2.68. The predicted molar refractivity (Wildman–Crippen MR) is 71.6 cm³/mol. The Morgan fingerprint density at radius 2 is 2.29 bits per heavy atom. The normalized spacial score (nSPS) is 12.5.